The number of carboxylic acid groups (broad SMARTS) is 1. The zero-order valence-electron chi connectivity index (χ0n) is 16.2. The van der Waals surface area contributed by atoms with Crippen molar-refractivity contribution in [2.75, 3.05) is 13.1 Å². The number of hydrogen-bond donors (Lipinski definition) is 2. The lowest BCUT2D eigenvalue weighted by molar-refractivity contribution is -0.126. The number of piperidine rings is 1. The Balaban J connectivity index is 1.19. The minimum absolute atomic E-state index is 0.157. The van der Waals surface area contributed by atoms with Crippen LogP contribution in [-0.4, -0.2) is 52.1 Å². The molecule has 3 aliphatic rings. The van der Waals surface area contributed by atoms with Gasteiger partial charge >= 0.3 is 6.09 Å². The Morgan fingerprint density at radius 3 is 2.31 bits per heavy atom. The molecule has 2 aromatic carbocycles. The van der Waals surface area contributed by atoms with Gasteiger partial charge in [-0.05, 0) is 28.5 Å². The first kappa shape index (κ1) is 18.2. The molecule has 1 saturated carbocycles. The third-order valence-corrected chi connectivity index (χ3v) is 6.62. The third kappa shape index (κ3) is 3.49. The summed E-state index contributed by atoms with van der Waals surface area (Å²) in [4.78, 5) is 28.4. The van der Waals surface area contributed by atoms with Crippen molar-refractivity contribution in [3.63, 3.8) is 0 Å². The lowest BCUT2D eigenvalue weighted by atomic mass is 9.94. The van der Waals surface area contributed by atoms with Gasteiger partial charge in [-0.3, -0.25) is 14.6 Å². The molecule has 2 N–H and O–H groups in total. The van der Waals surface area contributed by atoms with Crippen molar-refractivity contribution >= 4 is 12.0 Å². The number of nitrogens with zero attached hydrogens (tertiary/aromatic N) is 2. The molecule has 1 aliphatic carbocycles. The van der Waals surface area contributed by atoms with E-state index in [1.165, 1.54) is 10.5 Å². The predicted octanol–water partition coefficient (Wildman–Crippen LogP) is 2.34. The largest absolute Gasteiger partial charge is 0.465 e. The second-order valence-corrected chi connectivity index (χ2v) is 8.44. The Hall–Kier alpha value is -2.86. The van der Waals surface area contributed by atoms with Crippen LogP contribution in [0.4, 0.5) is 4.79 Å². The SMILES string of the molecule is O=C(NC1C2CN(Cc3ccccc3)CC21)C1Cc2ccccc2CN1C(=O)O. The van der Waals surface area contributed by atoms with Crippen molar-refractivity contribution in [2.45, 2.75) is 31.6 Å². The van der Waals surface area contributed by atoms with E-state index in [0.717, 1.165) is 30.8 Å². The molecule has 6 heteroatoms. The number of carbonyl (C=O) groups excluding carboxylic acids is 1. The van der Waals surface area contributed by atoms with Crippen LogP contribution < -0.4 is 5.32 Å². The predicted molar refractivity (Wildman–Crippen MR) is 108 cm³/mol. The van der Waals surface area contributed by atoms with Gasteiger partial charge in [-0.25, -0.2) is 4.79 Å². The molecule has 5 rings (SSSR count). The lowest BCUT2D eigenvalue weighted by Gasteiger charge is -2.34. The highest BCUT2D eigenvalue weighted by atomic mass is 16.4. The summed E-state index contributed by atoms with van der Waals surface area (Å²) in [6, 6.07) is 17.7. The fraction of sp³-hybridized carbons (Fsp3) is 0.391. The summed E-state index contributed by atoms with van der Waals surface area (Å²) >= 11 is 0. The number of carbonyl (C=O) groups is 2. The average Bonchev–Trinajstić information content (AvgIpc) is 3.17. The van der Waals surface area contributed by atoms with Crippen molar-refractivity contribution in [1.82, 2.24) is 15.1 Å². The van der Waals surface area contributed by atoms with Gasteiger partial charge in [0.25, 0.3) is 0 Å². The Kier molecular flexibility index (Phi) is 4.51. The Morgan fingerprint density at radius 2 is 1.62 bits per heavy atom. The maximum Gasteiger partial charge on any atom is 0.408 e. The van der Waals surface area contributed by atoms with Crippen molar-refractivity contribution in [3.05, 3.63) is 71.3 Å². The molecule has 29 heavy (non-hydrogen) atoms. The molecule has 1 saturated heterocycles. The summed E-state index contributed by atoms with van der Waals surface area (Å²) in [6.07, 6.45) is -0.596. The first-order valence-corrected chi connectivity index (χ1v) is 10.2. The minimum atomic E-state index is -1.04. The van der Waals surface area contributed by atoms with E-state index in [1.54, 1.807) is 0 Å². The van der Waals surface area contributed by atoms with Crippen molar-refractivity contribution in [1.29, 1.82) is 0 Å². The molecule has 2 aliphatic heterocycles. The van der Waals surface area contributed by atoms with Crippen molar-refractivity contribution in [2.24, 2.45) is 11.8 Å². The first-order chi connectivity index (χ1) is 14.1. The molecular weight excluding hydrogens is 366 g/mol. The van der Waals surface area contributed by atoms with Crippen LogP contribution in [0.1, 0.15) is 16.7 Å². The number of amides is 2. The second-order valence-electron chi connectivity index (χ2n) is 8.44. The van der Waals surface area contributed by atoms with E-state index in [1.807, 2.05) is 30.3 Å². The van der Waals surface area contributed by atoms with Gasteiger partial charge in [0, 0.05) is 32.1 Å². The van der Waals surface area contributed by atoms with Crippen molar-refractivity contribution < 1.29 is 14.7 Å². The smallest absolute Gasteiger partial charge is 0.408 e. The topological polar surface area (TPSA) is 72.9 Å². The normalized spacial score (nSPS) is 27.8. The van der Waals surface area contributed by atoms with E-state index in [4.69, 9.17) is 0 Å². The van der Waals surface area contributed by atoms with Crippen LogP contribution in [0.5, 0.6) is 0 Å². The molecule has 2 fully saturated rings. The molecule has 2 heterocycles. The Morgan fingerprint density at radius 1 is 0.966 bits per heavy atom. The third-order valence-electron chi connectivity index (χ3n) is 6.62. The van der Waals surface area contributed by atoms with Crippen LogP contribution in [0, 0.1) is 11.8 Å². The summed E-state index contributed by atoms with van der Waals surface area (Å²) in [5.74, 6) is 0.810. The lowest BCUT2D eigenvalue weighted by Crippen LogP contribution is -2.53. The van der Waals surface area contributed by atoms with Crippen LogP contribution in [0.3, 0.4) is 0 Å². The van der Waals surface area contributed by atoms with E-state index in [-0.39, 0.29) is 18.5 Å². The van der Waals surface area contributed by atoms with Gasteiger partial charge in [-0.15, -0.1) is 0 Å². The number of fused-ring (bicyclic) bond motifs is 2. The van der Waals surface area contributed by atoms with Crippen LogP contribution in [-0.2, 0) is 24.3 Å². The quantitative estimate of drug-likeness (QED) is 0.839. The molecule has 2 amide bonds. The van der Waals surface area contributed by atoms with Gasteiger partial charge in [0.15, 0.2) is 0 Å². The van der Waals surface area contributed by atoms with Gasteiger partial charge in [0.1, 0.15) is 6.04 Å². The van der Waals surface area contributed by atoms with Gasteiger partial charge in [-0.1, -0.05) is 54.6 Å². The summed E-state index contributed by atoms with van der Waals surface area (Å²) in [7, 11) is 0. The number of rotatable bonds is 4. The highest BCUT2D eigenvalue weighted by molar-refractivity contribution is 5.86. The zero-order valence-corrected chi connectivity index (χ0v) is 16.2. The summed E-state index contributed by atoms with van der Waals surface area (Å²) in [5, 5.41) is 12.8. The molecule has 3 atom stereocenters. The van der Waals surface area contributed by atoms with E-state index in [2.05, 4.69) is 34.5 Å². The molecule has 3 unspecified atom stereocenters. The standard InChI is InChI=1S/C23H25N3O3/c27-22(20-10-16-8-4-5-9-17(16)12-26(20)23(28)29)24-21-18-13-25(14-19(18)21)11-15-6-2-1-3-7-15/h1-9,18-21H,10-14H2,(H,24,27)(H,28,29). The minimum Gasteiger partial charge on any atom is -0.465 e. The molecule has 0 aromatic heterocycles. The van der Waals surface area contributed by atoms with Gasteiger partial charge in [0.05, 0.1) is 6.54 Å². The second kappa shape index (κ2) is 7.19. The molecule has 0 radical (unpaired) electrons. The van der Waals surface area contributed by atoms with Crippen LogP contribution >= 0.6 is 0 Å². The van der Waals surface area contributed by atoms with Crippen molar-refractivity contribution in [3.8, 4) is 0 Å². The van der Waals surface area contributed by atoms with Crippen LogP contribution in [0.15, 0.2) is 54.6 Å². The molecule has 0 bridgehead atoms. The molecule has 150 valence electrons. The van der Waals surface area contributed by atoms with E-state index in [9.17, 15) is 14.7 Å². The number of likely N-dealkylation sites (tertiary alicyclic amines) is 1. The zero-order chi connectivity index (χ0) is 20.0. The number of nitrogens with one attached hydrogen (secondary N) is 1. The number of hydrogen-bond acceptors (Lipinski definition) is 3. The van der Waals surface area contributed by atoms with Crippen LogP contribution in [0.2, 0.25) is 0 Å². The van der Waals surface area contributed by atoms with Gasteiger partial charge in [-0.2, -0.15) is 0 Å². The molecule has 6 nitrogen and oxygen atoms in total. The molecule has 2 aromatic rings. The Bertz CT molecular complexity index is 920. The fourth-order valence-electron chi connectivity index (χ4n) is 5.02. The van der Waals surface area contributed by atoms with E-state index >= 15 is 0 Å². The maximum atomic E-state index is 12.9. The van der Waals surface area contributed by atoms with E-state index < -0.39 is 12.1 Å². The van der Waals surface area contributed by atoms with Gasteiger partial charge in [0.2, 0.25) is 5.91 Å². The van der Waals surface area contributed by atoms with Crippen LogP contribution in [0.25, 0.3) is 0 Å². The summed E-state index contributed by atoms with van der Waals surface area (Å²) in [6.45, 7) is 3.19. The molecule has 0 spiro atoms. The van der Waals surface area contributed by atoms with Gasteiger partial charge < -0.3 is 10.4 Å². The maximum absolute atomic E-state index is 12.9. The highest BCUT2D eigenvalue weighted by Gasteiger charge is 2.56. The summed E-state index contributed by atoms with van der Waals surface area (Å²) in [5.41, 5.74) is 3.36. The first-order valence-electron chi connectivity index (χ1n) is 10.2. The fourth-order valence-corrected chi connectivity index (χ4v) is 5.02. The molecular formula is C23H25N3O3. The summed E-state index contributed by atoms with van der Waals surface area (Å²) < 4.78 is 0. The number of benzene rings is 2. The monoisotopic (exact) mass is 391 g/mol. The Labute approximate surface area is 170 Å². The highest BCUT2D eigenvalue weighted by Crippen LogP contribution is 2.46. The van der Waals surface area contributed by atoms with E-state index in [0.29, 0.717) is 18.3 Å². The average molecular weight is 391 g/mol.